The number of aromatic nitrogens is 4. The first kappa shape index (κ1) is 11.4. The van der Waals surface area contributed by atoms with Crippen LogP contribution in [0.4, 0.5) is 0 Å². The lowest BCUT2D eigenvalue weighted by Crippen LogP contribution is -1.99. The summed E-state index contributed by atoms with van der Waals surface area (Å²) in [7, 11) is 0. The van der Waals surface area contributed by atoms with Crippen LogP contribution in [0.1, 0.15) is 5.56 Å². The first-order valence-electron chi connectivity index (χ1n) is 5.35. The van der Waals surface area contributed by atoms with Crippen LogP contribution in [0.25, 0.3) is 11.3 Å². The van der Waals surface area contributed by atoms with Gasteiger partial charge in [0, 0.05) is 16.0 Å². The predicted octanol–water partition coefficient (Wildman–Crippen LogP) is 3.10. The third kappa shape index (κ3) is 2.42. The maximum atomic E-state index is 5.85. The Morgan fingerprint density at radius 3 is 2.78 bits per heavy atom. The molecule has 0 saturated carbocycles. The molecule has 1 aromatic carbocycles. The van der Waals surface area contributed by atoms with Gasteiger partial charge in [0.05, 0.1) is 18.9 Å². The largest absolute Gasteiger partial charge is 0.247 e. The molecule has 3 rings (SSSR count). The Morgan fingerprint density at radius 2 is 2.06 bits per heavy atom. The molecule has 0 amide bonds. The minimum absolute atomic E-state index is 0.682. The molecule has 0 fully saturated rings. The molecule has 0 N–H and O–H groups in total. The van der Waals surface area contributed by atoms with Crippen molar-refractivity contribution in [3.63, 3.8) is 0 Å². The summed E-state index contributed by atoms with van der Waals surface area (Å²) < 4.78 is 5.85. The summed E-state index contributed by atoms with van der Waals surface area (Å²) in [6.45, 7) is 0.682. The van der Waals surface area contributed by atoms with Crippen molar-refractivity contribution < 1.29 is 0 Å². The molecule has 90 valence electrons. The monoisotopic (exact) mass is 276 g/mol. The lowest BCUT2D eigenvalue weighted by molar-refractivity contribution is 0.650. The highest BCUT2D eigenvalue weighted by Crippen LogP contribution is 2.17. The highest BCUT2D eigenvalue weighted by molar-refractivity contribution is 7.03. The zero-order valence-electron chi connectivity index (χ0n) is 9.32. The van der Waals surface area contributed by atoms with Crippen LogP contribution in [0.3, 0.4) is 0 Å². The lowest BCUT2D eigenvalue weighted by atomic mass is 10.2. The average molecular weight is 277 g/mol. The molecular weight excluding hydrogens is 268 g/mol. The Balaban J connectivity index is 1.80. The zero-order valence-corrected chi connectivity index (χ0v) is 10.9. The second-order valence-electron chi connectivity index (χ2n) is 3.84. The van der Waals surface area contributed by atoms with Crippen LogP contribution in [-0.4, -0.2) is 19.4 Å². The summed E-state index contributed by atoms with van der Waals surface area (Å²) in [4.78, 5) is 0. The van der Waals surface area contributed by atoms with Crippen molar-refractivity contribution in [2.75, 3.05) is 0 Å². The summed E-state index contributed by atoms with van der Waals surface area (Å²) in [5, 5.41) is 10.9. The molecule has 0 aliphatic heterocycles. The smallest absolute Gasteiger partial charge is 0.115 e. The van der Waals surface area contributed by atoms with Gasteiger partial charge in [-0.1, -0.05) is 28.9 Å². The summed E-state index contributed by atoms with van der Waals surface area (Å²) in [5.74, 6) is 0. The van der Waals surface area contributed by atoms with Crippen molar-refractivity contribution >= 4 is 23.1 Å². The maximum Gasteiger partial charge on any atom is 0.115 e. The first-order chi connectivity index (χ1) is 8.81. The van der Waals surface area contributed by atoms with Gasteiger partial charge in [0.2, 0.25) is 0 Å². The Morgan fingerprint density at radius 1 is 1.22 bits per heavy atom. The molecular formula is C12H9ClN4S. The minimum atomic E-state index is 0.682. The third-order valence-corrected chi connectivity index (χ3v) is 3.36. The van der Waals surface area contributed by atoms with Crippen LogP contribution < -0.4 is 0 Å². The van der Waals surface area contributed by atoms with E-state index in [2.05, 4.69) is 14.7 Å². The summed E-state index contributed by atoms with van der Waals surface area (Å²) >= 11 is 7.25. The van der Waals surface area contributed by atoms with Gasteiger partial charge < -0.3 is 0 Å². The average Bonchev–Trinajstić information content (AvgIpc) is 3.02. The molecule has 0 atom stereocenters. The lowest BCUT2D eigenvalue weighted by Gasteiger charge is -2.00. The van der Waals surface area contributed by atoms with Crippen molar-refractivity contribution in [3.8, 4) is 11.3 Å². The highest BCUT2D eigenvalue weighted by Gasteiger charge is 2.05. The number of benzene rings is 1. The summed E-state index contributed by atoms with van der Waals surface area (Å²) in [5.41, 5.74) is 2.99. The minimum Gasteiger partial charge on any atom is -0.247 e. The van der Waals surface area contributed by atoms with Crippen molar-refractivity contribution in [3.05, 3.63) is 52.6 Å². The van der Waals surface area contributed by atoms with E-state index in [1.165, 1.54) is 11.5 Å². The fraction of sp³-hybridized carbons (Fsp3) is 0.0833. The topological polar surface area (TPSA) is 43.6 Å². The number of halogens is 1. The van der Waals surface area contributed by atoms with Crippen LogP contribution in [0, 0.1) is 0 Å². The van der Waals surface area contributed by atoms with E-state index in [1.807, 2.05) is 35.8 Å². The quantitative estimate of drug-likeness (QED) is 0.738. The number of rotatable bonds is 3. The molecule has 3 aromatic rings. The van der Waals surface area contributed by atoms with Gasteiger partial charge in [0.25, 0.3) is 0 Å². The summed E-state index contributed by atoms with van der Waals surface area (Å²) in [6.07, 6.45) is 3.71. The second-order valence-corrected chi connectivity index (χ2v) is 4.93. The van der Waals surface area contributed by atoms with E-state index in [1.54, 1.807) is 10.9 Å². The zero-order chi connectivity index (χ0) is 12.4. The van der Waals surface area contributed by atoms with E-state index in [9.17, 15) is 0 Å². The molecule has 0 saturated heterocycles. The van der Waals surface area contributed by atoms with Crippen molar-refractivity contribution in [1.82, 2.24) is 19.4 Å². The first-order valence-corrected chi connectivity index (χ1v) is 6.57. The molecule has 0 aliphatic carbocycles. The Kier molecular flexibility index (Phi) is 3.08. The van der Waals surface area contributed by atoms with E-state index in [4.69, 9.17) is 11.6 Å². The number of nitrogens with zero attached hydrogens (tertiary/aromatic N) is 4. The fourth-order valence-electron chi connectivity index (χ4n) is 1.62. The Hall–Kier alpha value is -1.72. The molecule has 0 unspecified atom stereocenters. The SMILES string of the molecule is Clc1ccc(Cn2cc(-c3cnsc3)nn2)cc1. The molecule has 0 aliphatic rings. The van der Waals surface area contributed by atoms with Crippen LogP contribution in [0.2, 0.25) is 5.02 Å². The van der Waals surface area contributed by atoms with E-state index in [0.29, 0.717) is 6.54 Å². The van der Waals surface area contributed by atoms with Crippen molar-refractivity contribution in [2.24, 2.45) is 0 Å². The van der Waals surface area contributed by atoms with Crippen molar-refractivity contribution in [2.45, 2.75) is 6.54 Å². The number of hydrogen-bond donors (Lipinski definition) is 0. The highest BCUT2D eigenvalue weighted by atomic mass is 35.5. The molecule has 18 heavy (non-hydrogen) atoms. The van der Waals surface area contributed by atoms with Crippen molar-refractivity contribution in [1.29, 1.82) is 0 Å². The normalized spacial score (nSPS) is 10.7. The van der Waals surface area contributed by atoms with Gasteiger partial charge >= 0.3 is 0 Å². The van der Waals surface area contributed by atoms with Crippen LogP contribution >= 0.6 is 23.1 Å². The summed E-state index contributed by atoms with van der Waals surface area (Å²) in [6, 6.07) is 7.71. The Labute approximate surface area is 113 Å². The van der Waals surface area contributed by atoms with Gasteiger partial charge in [-0.15, -0.1) is 5.10 Å². The van der Waals surface area contributed by atoms with Gasteiger partial charge in [-0.2, -0.15) is 0 Å². The third-order valence-electron chi connectivity index (χ3n) is 2.52. The standard InChI is InChI=1S/C12H9ClN4S/c13-11-3-1-9(2-4-11)6-17-7-12(15-16-17)10-5-14-18-8-10/h1-5,7-8H,6H2. The van der Waals surface area contributed by atoms with E-state index in [0.717, 1.165) is 21.8 Å². The molecule has 0 bridgehead atoms. The predicted molar refractivity (Wildman–Crippen MR) is 71.7 cm³/mol. The van der Waals surface area contributed by atoms with E-state index >= 15 is 0 Å². The van der Waals surface area contributed by atoms with Gasteiger partial charge in [0.15, 0.2) is 0 Å². The van der Waals surface area contributed by atoms with Gasteiger partial charge in [-0.3, -0.25) is 0 Å². The van der Waals surface area contributed by atoms with Crippen LogP contribution in [-0.2, 0) is 6.54 Å². The van der Waals surface area contributed by atoms with Gasteiger partial charge in [0.1, 0.15) is 5.69 Å². The molecule has 0 spiro atoms. The van der Waals surface area contributed by atoms with Crippen LogP contribution in [0.15, 0.2) is 42.0 Å². The molecule has 6 heteroatoms. The van der Waals surface area contributed by atoms with E-state index < -0.39 is 0 Å². The molecule has 4 nitrogen and oxygen atoms in total. The number of hydrogen-bond acceptors (Lipinski definition) is 4. The van der Waals surface area contributed by atoms with Crippen LogP contribution in [0.5, 0.6) is 0 Å². The molecule has 0 radical (unpaired) electrons. The van der Waals surface area contributed by atoms with Gasteiger partial charge in [-0.05, 0) is 29.2 Å². The molecule has 2 heterocycles. The van der Waals surface area contributed by atoms with E-state index in [-0.39, 0.29) is 0 Å². The fourth-order valence-corrected chi connectivity index (χ4v) is 2.27. The maximum absolute atomic E-state index is 5.85. The van der Waals surface area contributed by atoms with Gasteiger partial charge in [-0.25, -0.2) is 9.06 Å². The Bertz CT molecular complexity index is 630. The molecule has 2 aromatic heterocycles. The second kappa shape index (κ2) is 4.88.